The van der Waals surface area contributed by atoms with Gasteiger partial charge in [0.05, 0.1) is 5.69 Å². The van der Waals surface area contributed by atoms with Crippen molar-refractivity contribution in [1.82, 2.24) is 4.98 Å². The van der Waals surface area contributed by atoms with Gasteiger partial charge in [-0.2, -0.15) is 16.6 Å². The second-order valence-electron chi connectivity index (χ2n) is 4.58. The fourth-order valence-corrected chi connectivity index (χ4v) is 3.24. The van der Waals surface area contributed by atoms with Gasteiger partial charge in [-0.1, -0.05) is 30.3 Å². The molecule has 2 aromatic heterocycles. The van der Waals surface area contributed by atoms with Crippen molar-refractivity contribution in [2.75, 3.05) is 5.32 Å². The number of nitrogens with zero attached hydrogens (tertiary/aromatic N) is 2. The number of anilines is 1. The van der Waals surface area contributed by atoms with Crippen LogP contribution in [0.15, 0.2) is 58.1 Å². The maximum Gasteiger partial charge on any atom is 0.268 e. The van der Waals surface area contributed by atoms with E-state index in [1.165, 1.54) is 22.7 Å². The molecule has 0 unspecified atom stereocenters. The number of rotatable bonds is 4. The van der Waals surface area contributed by atoms with Gasteiger partial charge in [0.2, 0.25) is 0 Å². The molecular formula is C17H11N3OS2. The number of nitrogens with one attached hydrogen (secondary N) is 1. The van der Waals surface area contributed by atoms with Gasteiger partial charge >= 0.3 is 0 Å². The monoisotopic (exact) mass is 337 g/mol. The molecule has 0 radical (unpaired) electrons. The molecule has 23 heavy (non-hydrogen) atoms. The van der Waals surface area contributed by atoms with E-state index >= 15 is 0 Å². The lowest BCUT2D eigenvalue weighted by atomic mass is 10.2. The number of aromatic nitrogens is 1. The van der Waals surface area contributed by atoms with Crippen molar-refractivity contribution in [3.8, 4) is 17.3 Å². The summed E-state index contributed by atoms with van der Waals surface area (Å²) in [7, 11) is 0. The molecule has 0 bridgehead atoms. The Morgan fingerprint density at radius 3 is 2.74 bits per heavy atom. The van der Waals surface area contributed by atoms with Crippen LogP contribution in [0.5, 0.6) is 0 Å². The fraction of sp³-hybridized carbons (Fsp3) is 0. The van der Waals surface area contributed by atoms with Gasteiger partial charge in [0, 0.05) is 10.9 Å². The van der Waals surface area contributed by atoms with Crippen molar-refractivity contribution in [3.63, 3.8) is 0 Å². The molecule has 6 heteroatoms. The molecule has 0 spiro atoms. The molecule has 0 atom stereocenters. The van der Waals surface area contributed by atoms with E-state index < -0.39 is 5.91 Å². The van der Waals surface area contributed by atoms with Gasteiger partial charge in [-0.25, -0.2) is 4.98 Å². The van der Waals surface area contributed by atoms with Gasteiger partial charge in [-0.05, 0) is 28.5 Å². The van der Waals surface area contributed by atoms with Crippen molar-refractivity contribution < 1.29 is 4.79 Å². The van der Waals surface area contributed by atoms with Crippen LogP contribution in [0.1, 0.15) is 5.56 Å². The molecule has 2 heterocycles. The molecule has 0 aliphatic rings. The summed E-state index contributed by atoms with van der Waals surface area (Å²) in [6, 6.07) is 13.5. The largest absolute Gasteiger partial charge is 0.297 e. The van der Waals surface area contributed by atoms with E-state index in [0.29, 0.717) is 5.13 Å². The lowest BCUT2D eigenvalue weighted by Crippen LogP contribution is -2.13. The highest BCUT2D eigenvalue weighted by atomic mass is 32.1. The standard InChI is InChI=1S/C17H11N3OS2/c18-9-14(8-12-6-7-22-10-12)16(21)20-17-19-15(11-23-17)13-4-2-1-3-5-13/h1-8,10-11H,(H,19,20,21). The first-order valence-corrected chi connectivity index (χ1v) is 8.55. The lowest BCUT2D eigenvalue weighted by Gasteiger charge is -1.99. The normalized spacial score (nSPS) is 11.0. The fourth-order valence-electron chi connectivity index (χ4n) is 1.91. The van der Waals surface area contributed by atoms with Crippen LogP contribution in [0.25, 0.3) is 17.3 Å². The lowest BCUT2D eigenvalue weighted by molar-refractivity contribution is -0.112. The quantitative estimate of drug-likeness (QED) is 0.566. The van der Waals surface area contributed by atoms with E-state index in [-0.39, 0.29) is 5.57 Å². The summed E-state index contributed by atoms with van der Waals surface area (Å²) < 4.78 is 0. The number of amides is 1. The van der Waals surface area contributed by atoms with Crippen LogP contribution >= 0.6 is 22.7 Å². The van der Waals surface area contributed by atoms with Crippen LogP contribution < -0.4 is 5.32 Å². The van der Waals surface area contributed by atoms with Crippen molar-refractivity contribution in [3.05, 3.63) is 63.7 Å². The van der Waals surface area contributed by atoms with Gasteiger partial charge < -0.3 is 0 Å². The van der Waals surface area contributed by atoms with E-state index in [2.05, 4.69) is 10.3 Å². The smallest absolute Gasteiger partial charge is 0.268 e. The molecule has 112 valence electrons. The highest BCUT2D eigenvalue weighted by Crippen LogP contribution is 2.25. The van der Waals surface area contributed by atoms with Gasteiger partial charge in [0.1, 0.15) is 11.6 Å². The minimum Gasteiger partial charge on any atom is -0.297 e. The van der Waals surface area contributed by atoms with Gasteiger partial charge in [0.15, 0.2) is 5.13 Å². The number of thiazole rings is 1. The molecule has 4 nitrogen and oxygen atoms in total. The Morgan fingerprint density at radius 2 is 2.04 bits per heavy atom. The first kappa shape index (κ1) is 15.2. The average Bonchev–Trinajstić information content (AvgIpc) is 3.25. The van der Waals surface area contributed by atoms with Crippen LogP contribution in [0.4, 0.5) is 5.13 Å². The minimum atomic E-state index is -0.451. The number of thiophene rings is 1. The second kappa shape index (κ2) is 7.01. The Labute approximate surface area is 141 Å². The maximum atomic E-state index is 12.2. The number of nitriles is 1. The highest BCUT2D eigenvalue weighted by Gasteiger charge is 2.12. The van der Waals surface area contributed by atoms with Crippen LogP contribution in [-0.4, -0.2) is 10.9 Å². The highest BCUT2D eigenvalue weighted by molar-refractivity contribution is 7.14. The third kappa shape index (κ3) is 3.72. The summed E-state index contributed by atoms with van der Waals surface area (Å²) in [4.78, 5) is 16.6. The summed E-state index contributed by atoms with van der Waals surface area (Å²) in [5.41, 5.74) is 2.68. The number of carbonyl (C=O) groups excluding carboxylic acids is 1. The van der Waals surface area contributed by atoms with Crippen molar-refractivity contribution in [2.24, 2.45) is 0 Å². The Kier molecular flexibility index (Phi) is 4.62. The number of hydrogen-bond acceptors (Lipinski definition) is 5. The average molecular weight is 337 g/mol. The third-order valence-corrected chi connectivity index (χ3v) is 4.47. The second-order valence-corrected chi connectivity index (χ2v) is 6.22. The van der Waals surface area contributed by atoms with E-state index in [9.17, 15) is 4.79 Å². The Bertz CT molecular complexity index is 874. The molecule has 3 aromatic rings. The topological polar surface area (TPSA) is 65.8 Å². The zero-order valence-corrected chi connectivity index (χ0v) is 13.5. The number of carbonyl (C=O) groups is 1. The number of benzene rings is 1. The number of hydrogen-bond donors (Lipinski definition) is 1. The van der Waals surface area contributed by atoms with Gasteiger partial charge in [0.25, 0.3) is 5.91 Å². The zero-order valence-electron chi connectivity index (χ0n) is 11.9. The van der Waals surface area contributed by atoms with E-state index in [0.717, 1.165) is 16.8 Å². The summed E-state index contributed by atoms with van der Waals surface area (Å²) in [5, 5.41) is 18.0. The zero-order chi connectivity index (χ0) is 16.1. The molecule has 1 amide bonds. The van der Waals surface area contributed by atoms with Crippen molar-refractivity contribution in [2.45, 2.75) is 0 Å². The van der Waals surface area contributed by atoms with Crippen LogP contribution in [0.3, 0.4) is 0 Å². The summed E-state index contributed by atoms with van der Waals surface area (Å²) in [5.74, 6) is -0.451. The molecule has 1 aromatic carbocycles. The maximum absolute atomic E-state index is 12.2. The van der Waals surface area contributed by atoms with E-state index in [1.54, 1.807) is 6.08 Å². The molecule has 3 rings (SSSR count). The third-order valence-electron chi connectivity index (χ3n) is 3.01. The Morgan fingerprint density at radius 1 is 1.22 bits per heavy atom. The Balaban J connectivity index is 1.76. The first-order valence-electron chi connectivity index (χ1n) is 6.72. The Hall–Kier alpha value is -2.75. The van der Waals surface area contributed by atoms with Crippen molar-refractivity contribution >= 4 is 39.8 Å². The molecular weight excluding hydrogens is 326 g/mol. The van der Waals surface area contributed by atoms with Gasteiger partial charge in [-0.15, -0.1) is 11.3 Å². The molecule has 0 fully saturated rings. The van der Waals surface area contributed by atoms with Gasteiger partial charge in [-0.3, -0.25) is 10.1 Å². The van der Waals surface area contributed by atoms with E-state index in [4.69, 9.17) is 5.26 Å². The SMILES string of the molecule is N#CC(=Cc1ccsc1)C(=O)Nc1nc(-c2ccccc2)cs1. The van der Waals surface area contributed by atoms with Crippen LogP contribution in [0, 0.1) is 11.3 Å². The molecule has 0 aliphatic carbocycles. The molecule has 0 saturated carbocycles. The van der Waals surface area contributed by atoms with E-state index in [1.807, 2.05) is 58.6 Å². The predicted molar refractivity (Wildman–Crippen MR) is 94.1 cm³/mol. The molecule has 0 saturated heterocycles. The summed E-state index contributed by atoms with van der Waals surface area (Å²) in [6.07, 6.45) is 1.57. The minimum absolute atomic E-state index is 0.0554. The summed E-state index contributed by atoms with van der Waals surface area (Å²) in [6.45, 7) is 0. The first-order chi connectivity index (χ1) is 11.3. The molecule has 1 N–H and O–H groups in total. The van der Waals surface area contributed by atoms with Crippen LogP contribution in [0.2, 0.25) is 0 Å². The predicted octanol–water partition coefficient (Wildman–Crippen LogP) is 4.42. The summed E-state index contributed by atoms with van der Waals surface area (Å²) >= 11 is 2.84. The molecule has 0 aliphatic heterocycles. The van der Waals surface area contributed by atoms with Crippen molar-refractivity contribution in [1.29, 1.82) is 5.26 Å². The van der Waals surface area contributed by atoms with Crippen LogP contribution in [-0.2, 0) is 4.79 Å².